The Morgan fingerprint density at radius 1 is 1.47 bits per heavy atom. The van der Waals surface area contributed by atoms with E-state index in [0.29, 0.717) is 10.8 Å². The third-order valence-corrected chi connectivity index (χ3v) is 3.91. The summed E-state index contributed by atoms with van der Waals surface area (Å²) in [5.74, 6) is 0.0102. The molecule has 17 heavy (non-hydrogen) atoms. The fourth-order valence-corrected chi connectivity index (χ4v) is 2.33. The maximum absolute atomic E-state index is 11.8. The molecule has 2 N–H and O–H groups in total. The Bertz CT molecular complexity index is 404. The molecule has 1 aromatic carbocycles. The molecule has 1 unspecified atom stereocenters. The quantitative estimate of drug-likeness (QED) is 0.662. The van der Waals surface area contributed by atoms with E-state index in [-0.39, 0.29) is 5.91 Å². The molecule has 0 saturated heterocycles. The van der Waals surface area contributed by atoms with Gasteiger partial charge in [-0.3, -0.25) is 4.79 Å². The van der Waals surface area contributed by atoms with E-state index in [0.717, 1.165) is 17.0 Å². The molecule has 0 bridgehead atoms. The van der Waals surface area contributed by atoms with E-state index in [2.05, 4.69) is 13.8 Å². The van der Waals surface area contributed by atoms with Gasteiger partial charge in [-0.1, -0.05) is 13.8 Å². The van der Waals surface area contributed by atoms with Gasteiger partial charge in [0.2, 0.25) is 0 Å². The molecule has 0 aliphatic carbocycles. The summed E-state index contributed by atoms with van der Waals surface area (Å²) < 4.78 is 0. The van der Waals surface area contributed by atoms with Crippen molar-refractivity contribution >= 4 is 23.4 Å². The number of anilines is 1. The molecule has 0 fully saturated rings. The van der Waals surface area contributed by atoms with Gasteiger partial charge in [-0.15, -0.1) is 11.8 Å². The summed E-state index contributed by atoms with van der Waals surface area (Å²) in [5.41, 5.74) is 7.35. The average molecular weight is 252 g/mol. The maximum Gasteiger partial charge on any atom is 0.253 e. The lowest BCUT2D eigenvalue weighted by Crippen LogP contribution is -2.21. The van der Waals surface area contributed by atoms with Gasteiger partial charge in [0.25, 0.3) is 5.91 Å². The smallest absolute Gasteiger partial charge is 0.253 e. The fourth-order valence-electron chi connectivity index (χ4n) is 1.33. The summed E-state index contributed by atoms with van der Waals surface area (Å²) in [7, 11) is 3.50. The van der Waals surface area contributed by atoms with E-state index in [1.807, 2.05) is 6.07 Å². The third kappa shape index (κ3) is 3.66. The van der Waals surface area contributed by atoms with E-state index in [9.17, 15) is 4.79 Å². The zero-order valence-corrected chi connectivity index (χ0v) is 11.7. The van der Waals surface area contributed by atoms with E-state index < -0.39 is 0 Å². The molecular formula is C13H20N2OS. The number of thioether (sulfide) groups is 1. The van der Waals surface area contributed by atoms with Gasteiger partial charge in [-0.05, 0) is 24.6 Å². The molecule has 4 heteroatoms. The molecular weight excluding hydrogens is 232 g/mol. The van der Waals surface area contributed by atoms with Crippen LogP contribution in [0.15, 0.2) is 23.1 Å². The zero-order valence-electron chi connectivity index (χ0n) is 10.9. The van der Waals surface area contributed by atoms with E-state index in [4.69, 9.17) is 5.73 Å². The summed E-state index contributed by atoms with van der Waals surface area (Å²) in [6, 6.07) is 5.47. The zero-order chi connectivity index (χ0) is 13.0. The largest absolute Gasteiger partial charge is 0.398 e. The molecule has 0 heterocycles. The Hall–Kier alpha value is -1.16. The van der Waals surface area contributed by atoms with Crippen LogP contribution in [0.3, 0.4) is 0 Å². The first kappa shape index (κ1) is 13.9. The molecule has 0 saturated carbocycles. The highest BCUT2D eigenvalue weighted by Crippen LogP contribution is 2.31. The first-order chi connectivity index (χ1) is 7.95. The van der Waals surface area contributed by atoms with Crippen LogP contribution in [-0.2, 0) is 0 Å². The van der Waals surface area contributed by atoms with Gasteiger partial charge in [0.1, 0.15) is 0 Å². The molecule has 1 amide bonds. The van der Waals surface area contributed by atoms with Crippen molar-refractivity contribution in [3.8, 4) is 0 Å². The van der Waals surface area contributed by atoms with E-state index in [1.54, 1.807) is 42.9 Å². The van der Waals surface area contributed by atoms with Crippen LogP contribution in [0.5, 0.6) is 0 Å². The van der Waals surface area contributed by atoms with Crippen LogP contribution >= 0.6 is 11.8 Å². The van der Waals surface area contributed by atoms with Crippen molar-refractivity contribution in [1.82, 2.24) is 4.90 Å². The molecule has 0 spiro atoms. The molecule has 1 aromatic rings. The van der Waals surface area contributed by atoms with Gasteiger partial charge in [0.15, 0.2) is 0 Å². The number of nitrogen functional groups attached to an aromatic ring is 1. The SMILES string of the molecule is CCC(C)Sc1cc(C(=O)N(C)C)ccc1N. The fraction of sp³-hybridized carbons (Fsp3) is 0.462. The van der Waals surface area contributed by atoms with Crippen molar-refractivity contribution in [3.05, 3.63) is 23.8 Å². The van der Waals surface area contributed by atoms with Crippen molar-refractivity contribution in [3.63, 3.8) is 0 Å². The number of hydrogen-bond acceptors (Lipinski definition) is 3. The minimum absolute atomic E-state index is 0.0102. The van der Waals surface area contributed by atoms with Crippen molar-refractivity contribution in [1.29, 1.82) is 0 Å². The summed E-state index contributed by atoms with van der Waals surface area (Å²) in [6.45, 7) is 4.30. The van der Waals surface area contributed by atoms with Crippen LogP contribution in [0, 0.1) is 0 Å². The molecule has 0 aliphatic heterocycles. The highest BCUT2D eigenvalue weighted by molar-refractivity contribution is 8.00. The van der Waals surface area contributed by atoms with Gasteiger partial charge >= 0.3 is 0 Å². The lowest BCUT2D eigenvalue weighted by Gasteiger charge is -2.14. The number of rotatable bonds is 4. The van der Waals surface area contributed by atoms with Crippen molar-refractivity contribution < 1.29 is 4.79 Å². The average Bonchev–Trinajstić information content (AvgIpc) is 2.30. The summed E-state index contributed by atoms with van der Waals surface area (Å²) in [5, 5.41) is 0.502. The Morgan fingerprint density at radius 3 is 2.65 bits per heavy atom. The Labute approximate surface area is 107 Å². The summed E-state index contributed by atoms with van der Waals surface area (Å²) in [4.78, 5) is 14.4. The van der Waals surface area contributed by atoms with Gasteiger partial charge in [0, 0.05) is 35.5 Å². The van der Waals surface area contributed by atoms with Crippen LogP contribution in [0.1, 0.15) is 30.6 Å². The highest BCUT2D eigenvalue weighted by atomic mass is 32.2. The first-order valence-electron chi connectivity index (χ1n) is 5.73. The lowest BCUT2D eigenvalue weighted by atomic mass is 10.2. The molecule has 0 aromatic heterocycles. The molecule has 1 rings (SSSR count). The number of hydrogen-bond donors (Lipinski definition) is 1. The van der Waals surface area contributed by atoms with E-state index in [1.165, 1.54) is 0 Å². The second-order valence-electron chi connectivity index (χ2n) is 4.29. The predicted octanol–water partition coefficient (Wildman–Crippen LogP) is 2.86. The standard InChI is InChI=1S/C13H20N2OS/c1-5-9(2)17-12-8-10(6-7-11(12)14)13(16)15(3)4/h6-9H,5,14H2,1-4H3. The van der Waals surface area contributed by atoms with Crippen LogP contribution in [-0.4, -0.2) is 30.2 Å². The number of carbonyl (C=O) groups excluding carboxylic acids is 1. The Morgan fingerprint density at radius 2 is 2.12 bits per heavy atom. The predicted molar refractivity (Wildman–Crippen MR) is 74.5 cm³/mol. The van der Waals surface area contributed by atoms with Crippen LogP contribution < -0.4 is 5.73 Å². The van der Waals surface area contributed by atoms with Crippen molar-refractivity contribution in [2.24, 2.45) is 0 Å². The minimum atomic E-state index is 0.0102. The Kier molecular flexibility index (Phi) is 4.87. The molecule has 3 nitrogen and oxygen atoms in total. The normalized spacial score (nSPS) is 12.2. The number of nitrogens with zero attached hydrogens (tertiary/aromatic N) is 1. The first-order valence-corrected chi connectivity index (χ1v) is 6.61. The Balaban J connectivity index is 2.98. The lowest BCUT2D eigenvalue weighted by molar-refractivity contribution is 0.0827. The minimum Gasteiger partial charge on any atom is -0.398 e. The topological polar surface area (TPSA) is 46.3 Å². The third-order valence-electron chi connectivity index (χ3n) is 2.57. The van der Waals surface area contributed by atoms with Gasteiger partial charge in [-0.2, -0.15) is 0 Å². The molecule has 0 aliphatic rings. The number of nitrogens with two attached hydrogens (primary N) is 1. The monoisotopic (exact) mass is 252 g/mol. The van der Waals surface area contributed by atoms with Crippen LogP contribution in [0.25, 0.3) is 0 Å². The molecule has 0 radical (unpaired) electrons. The molecule has 1 atom stereocenters. The summed E-state index contributed by atoms with van der Waals surface area (Å²) >= 11 is 1.72. The van der Waals surface area contributed by atoms with Crippen LogP contribution in [0.2, 0.25) is 0 Å². The number of amides is 1. The number of carbonyl (C=O) groups is 1. The summed E-state index contributed by atoms with van der Waals surface area (Å²) in [6.07, 6.45) is 1.08. The second-order valence-corrected chi connectivity index (χ2v) is 5.77. The maximum atomic E-state index is 11.8. The van der Waals surface area contributed by atoms with Gasteiger partial charge in [-0.25, -0.2) is 0 Å². The van der Waals surface area contributed by atoms with E-state index >= 15 is 0 Å². The van der Waals surface area contributed by atoms with Crippen molar-refractivity contribution in [2.75, 3.05) is 19.8 Å². The van der Waals surface area contributed by atoms with Gasteiger partial charge < -0.3 is 10.6 Å². The van der Waals surface area contributed by atoms with Crippen molar-refractivity contribution in [2.45, 2.75) is 30.4 Å². The molecule has 94 valence electrons. The van der Waals surface area contributed by atoms with Gasteiger partial charge in [0.05, 0.1) is 0 Å². The highest BCUT2D eigenvalue weighted by Gasteiger charge is 2.12. The second kappa shape index (κ2) is 5.96. The van der Waals surface area contributed by atoms with Crippen LogP contribution in [0.4, 0.5) is 5.69 Å². The number of benzene rings is 1.